The lowest BCUT2D eigenvalue weighted by Gasteiger charge is -2.57. The number of hydrogen-bond donors (Lipinski definition) is 2. The molecule has 9 heteroatoms. The van der Waals surface area contributed by atoms with Gasteiger partial charge in [-0.25, -0.2) is 9.37 Å². The number of imidazole rings is 1. The average molecular weight is 448 g/mol. The van der Waals surface area contributed by atoms with Gasteiger partial charge in [0.25, 0.3) is 5.91 Å². The molecule has 0 atom stereocenters. The van der Waals surface area contributed by atoms with Crippen LogP contribution in [0.2, 0.25) is 0 Å². The number of pyridine rings is 1. The van der Waals surface area contributed by atoms with Gasteiger partial charge < -0.3 is 19.9 Å². The van der Waals surface area contributed by atoms with Crippen LogP contribution in [-0.2, 0) is 0 Å². The summed E-state index contributed by atoms with van der Waals surface area (Å²) in [7, 11) is 0. The van der Waals surface area contributed by atoms with Crippen molar-refractivity contribution in [2.45, 2.75) is 20.8 Å². The Hall–Kier alpha value is -3.59. The fourth-order valence-electron chi connectivity index (χ4n) is 4.56. The minimum Gasteiger partial charge on any atom is -0.368 e. The van der Waals surface area contributed by atoms with E-state index in [0.717, 1.165) is 31.9 Å². The highest BCUT2D eigenvalue weighted by Crippen LogP contribution is 2.39. The van der Waals surface area contributed by atoms with Gasteiger partial charge in [-0.1, -0.05) is 13.8 Å². The molecule has 8 nitrogen and oxygen atoms in total. The summed E-state index contributed by atoms with van der Waals surface area (Å²) in [6.07, 6.45) is 6.57. The molecule has 2 aliphatic rings. The zero-order valence-corrected chi connectivity index (χ0v) is 18.9. The van der Waals surface area contributed by atoms with E-state index in [2.05, 4.69) is 30.5 Å². The quantitative estimate of drug-likeness (QED) is 0.501. The molecule has 0 aliphatic carbocycles. The molecule has 1 amide bonds. The van der Waals surface area contributed by atoms with Gasteiger partial charge in [0.2, 0.25) is 0 Å². The number of nitrogens with one attached hydrogen (secondary N) is 2. The first-order valence-corrected chi connectivity index (χ1v) is 11.2. The van der Waals surface area contributed by atoms with Crippen molar-refractivity contribution in [3.05, 3.63) is 60.1 Å². The second-order valence-electron chi connectivity index (χ2n) is 8.49. The third kappa shape index (κ3) is 3.58. The van der Waals surface area contributed by atoms with Crippen molar-refractivity contribution in [2.75, 3.05) is 36.4 Å². The zero-order chi connectivity index (χ0) is 23.2. The maximum atomic E-state index is 14.4. The third-order valence-corrected chi connectivity index (χ3v) is 6.13. The number of carbonyl (C=O) groups is 1. The summed E-state index contributed by atoms with van der Waals surface area (Å²) in [6, 6.07) is 4.96. The van der Waals surface area contributed by atoms with Gasteiger partial charge in [0, 0.05) is 62.4 Å². The fourth-order valence-corrected chi connectivity index (χ4v) is 4.56. The van der Waals surface area contributed by atoms with E-state index in [1.165, 1.54) is 6.07 Å². The first-order valence-electron chi connectivity index (χ1n) is 11.2. The second-order valence-corrected chi connectivity index (χ2v) is 8.49. The highest BCUT2D eigenvalue weighted by atomic mass is 19.1. The molecule has 170 valence electrons. The zero-order valence-electron chi connectivity index (χ0n) is 18.9. The highest BCUT2D eigenvalue weighted by molar-refractivity contribution is 6.13. The Morgan fingerprint density at radius 1 is 1.12 bits per heavy atom. The molecule has 0 unspecified atom stereocenters. The number of aromatic nitrogens is 4. The van der Waals surface area contributed by atoms with E-state index < -0.39 is 5.82 Å². The molecule has 0 saturated carbocycles. The van der Waals surface area contributed by atoms with E-state index in [9.17, 15) is 9.18 Å². The third-order valence-electron chi connectivity index (χ3n) is 6.13. The SMILES string of the molecule is CC.Cc1cn2cc(NC(=O)c3ccc(N4CC5(CNC5)C4)c4nccnc34)cc(F)c2n1. The van der Waals surface area contributed by atoms with Crippen LogP contribution in [0.15, 0.2) is 43.0 Å². The van der Waals surface area contributed by atoms with Crippen LogP contribution in [-0.4, -0.2) is 51.4 Å². The first-order chi connectivity index (χ1) is 16.0. The van der Waals surface area contributed by atoms with Gasteiger partial charge in [0.05, 0.1) is 22.6 Å². The van der Waals surface area contributed by atoms with Crippen molar-refractivity contribution in [1.29, 1.82) is 0 Å². The summed E-state index contributed by atoms with van der Waals surface area (Å²) in [5.74, 6) is -0.862. The Bertz CT molecular complexity index is 1350. The summed E-state index contributed by atoms with van der Waals surface area (Å²) in [6.45, 7) is 9.83. The lowest BCUT2D eigenvalue weighted by molar-refractivity contribution is 0.102. The number of benzene rings is 1. The maximum Gasteiger partial charge on any atom is 0.257 e. The Labute approximate surface area is 190 Å². The van der Waals surface area contributed by atoms with Crippen molar-refractivity contribution in [2.24, 2.45) is 5.41 Å². The Balaban J connectivity index is 0.00000111. The fraction of sp³-hybridized carbons (Fsp3) is 0.333. The van der Waals surface area contributed by atoms with E-state index in [0.29, 0.717) is 33.4 Å². The lowest BCUT2D eigenvalue weighted by Crippen LogP contribution is -2.71. The van der Waals surface area contributed by atoms with Gasteiger partial charge in [0.15, 0.2) is 11.5 Å². The standard InChI is InChI=1S/C22H20FN7O.C2H6/c1-13-7-29-8-14(6-16(23)20(29)27-13)28-21(31)15-2-3-17(19-18(15)25-4-5-26-19)30-11-22(12-30)9-24-10-22;1-2/h2-8,24H,9-12H2,1H3,(H,28,31);1-2H3. The van der Waals surface area contributed by atoms with Gasteiger partial charge >= 0.3 is 0 Å². The molecule has 4 aromatic rings. The Morgan fingerprint density at radius 3 is 2.55 bits per heavy atom. The van der Waals surface area contributed by atoms with Crippen LogP contribution in [0, 0.1) is 18.2 Å². The van der Waals surface area contributed by atoms with Crippen molar-refractivity contribution in [3.63, 3.8) is 0 Å². The molecule has 3 aromatic heterocycles. The number of hydrogen-bond acceptors (Lipinski definition) is 6. The molecule has 5 heterocycles. The van der Waals surface area contributed by atoms with Gasteiger partial charge in [0.1, 0.15) is 11.0 Å². The molecule has 2 fully saturated rings. The maximum absolute atomic E-state index is 14.4. The Kier molecular flexibility index (Phi) is 5.20. The molecule has 6 rings (SSSR count). The molecule has 2 N–H and O–H groups in total. The topological polar surface area (TPSA) is 87.5 Å². The molecule has 33 heavy (non-hydrogen) atoms. The molecular formula is C24H26FN7O. The van der Waals surface area contributed by atoms with E-state index in [1.54, 1.807) is 42.2 Å². The number of anilines is 2. The van der Waals surface area contributed by atoms with Crippen LogP contribution in [0.25, 0.3) is 16.7 Å². The number of nitrogens with zero attached hydrogens (tertiary/aromatic N) is 5. The van der Waals surface area contributed by atoms with Crippen molar-refractivity contribution < 1.29 is 9.18 Å². The van der Waals surface area contributed by atoms with Crippen LogP contribution in [0.3, 0.4) is 0 Å². The summed E-state index contributed by atoms with van der Waals surface area (Å²) < 4.78 is 15.9. The molecule has 2 aliphatic heterocycles. The minimum absolute atomic E-state index is 0.227. The van der Waals surface area contributed by atoms with Crippen LogP contribution in [0.1, 0.15) is 29.9 Å². The largest absolute Gasteiger partial charge is 0.368 e. The molecule has 0 radical (unpaired) electrons. The number of carbonyl (C=O) groups excluding carboxylic acids is 1. The number of aryl methyl sites for hydroxylation is 1. The van der Waals surface area contributed by atoms with Crippen molar-refractivity contribution >= 4 is 34.0 Å². The van der Waals surface area contributed by atoms with E-state index in [-0.39, 0.29) is 11.6 Å². The highest BCUT2D eigenvalue weighted by Gasteiger charge is 2.48. The predicted molar refractivity (Wildman–Crippen MR) is 126 cm³/mol. The second kappa shape index (κ2) is 8.08. The summed E-state index contributed by atoms with van der Waals surface area (Å²) in [4.78, 5) is 28.4. The van der Waals surface area contributed by atoms with Gasteiger partial charge in [-0.15, -0.1) is 0 Å². The Morgan fingerprint density at radius 2 is 1.85 bits per heavy atom. The minimum atomic E-state index is -0.497. The average Bonchev–Trinajstić information content (AvgIpc) is 3.14. The van der Waals surface area contributed by atoms with Crippen LogP contribution in [0.4, 0.5) is 15.8 Å². The van der Waals surface area contributed by atoms with E-state index in [4.69, 9.17) is 0 Å². The van der Waals surface area contributed by atoms with E-state index in [1.807, 2.05) is 19.9 Å². The molecule has 2 saturated heterocycles. The summed E-state index contributed by atoms with van der Waals surface area (Å²) >= 11 is 0. The van der Waals surface area contributed by atoms with Crippen LogP contribution in [0.5, 0.6) is 0 Å². The normalized spacial score (nSPS) is 16.2. The number of amides is 1. The molecular weight excluding hydrogens is 421 g/mol. The molecule has 1 spiro atoms. The first kappa shape index (κ1) is 21.3. The van der Waals surface area contributed by atoms with Crippen molar-refractivity contribution in [3.8, 4) is 0 Å². The van der Waals surface area contributed by atoms with Gasteiger partial charge in [-0.05, 0) is 19.1 Å². The van der Waals surface area contributed by atoms with Crippen molar-refractivity contribution in [1.82, 2.24) is 24.7 Å². The van der Waals surface area contributed by atoms with E-state index >= 15 is 0 Å². The monoisotopic (exact) mass is 447 g/mol. The summed E-state index contributed by atoms with van der Waals surface area (Å²) in [5, 5.41) is 6.12. The smallest absolute Gasteiger partial charge is 0.257 e. The van der Waals surface area contributed by atoms with Crippen LogP contribution >= 0.6 is 0 Å². The van der Waals surface area contributed by atoms with Gasteiger partial charge in [-0.2, -0.15) is 0 Å². The molecule has 0 bridgehead atoms. The van der Waals surface area contributed by atoms with Gasteiger partial charge in [-0.3, -0.25) is 14.8 Å². The number of rotatable bonds is 3. The number of halogens is 1. The molecule has 1 aromatic carbocycles. The lowest BCUT2D eigenvalue weighted by atomic mass is 9.74. The predicted octanol–water partition coefficient (Wildman–Crippen LogP) is 3.41. The summed E-state index contributed by atoms with van der Waals surface area (Å²) in [5.41, 5.74) is 4.26. The van der Waals surface area contributed by atoms with Crippen LogP contribution < -0.4 is 15.5 Å². The number of fused-ring (bicyclic) bond motifs is 2.